The second-order valence-electron chi connectivity index (χ2n) is 3.92. The van der Waals surface area contributed by atoms with Crippen LogP contribution in [0.3, 0.4) is 0 Å². The molecule has 0 aliphatic carbocycles. The molecule has 94 valence electrons. The van der Waals surface area contributed by atoms with Crippen molar-refractivity contribution in [3.8, 4) is 5.75 Å². The lowest BCUT2D eigenvalue weighted by molar-refractivity contribution is 0.101. The van der Waals surface area contributed by atoms with Crippen LogP contribution < -0.4 is 4.74 Å². The number of hydrogen-bond acceptors (Lipinski definition) is 4. The van der Waals surface area contributed by atoms with Crippen molar-refractivity contribution < 1.29 is 18.4 Å². The molecule has 2 rings (SSSR count). The molecule has 1 heterocycles. The first-order valence-electron chi connectivity index (χ1n) is 5.42. The SMILES string of the molecule is CC(=O)c1ccc(F)cc1OCc1cc(C)no1. The van der Waals surface area contributed by atoms with E-state index >= 15 is 0 Å². The van der Waals surface area contributed by atoms with E-state index < -0.39 is 5.82 Å². The number of hydrogen-bond donors (Lipinski definition) is 0. The predicted octanol–water partition coefficient (Wildman–Crippen LogP) is 2.90. The average Bonchev–Trinajstić information content (AvgIpc) is 2.72. The summed E-state index contributed by atoms with van der Waals surface area (Å²) in [6.07, 6.45) is 0. The lowest BCUT2D eigenvalue weighted by Crippen LogP contribution is -2.01. The van der Waals surface area contributed by atoms with E-state index in [1.54, 1.807) is 13.0 Å². The molecule has 4 nitrogen and oxygen atoms in total. The van der Waals surface area contributed by atoms with Gasteiger partial charge in [-0.3, -0.25) is 4.79 Å². The Morgan fingerprint density at radius 2 is 2.22 bits per heavy atom. The van der Waals surface area contributed by atoms with Gasteiger partial charge in [-0.2, -0.15) is 0 Å². The third-order valence-corrected chi connectivity index (χ3v) is 2.37. The Morgan fingerprint density at radius 1 is 1.44 bits per heavy atom. The van der Waals surface area contributed by atoms with Gasteiger partial charge in [0.2, 0.25) is 0 Å². The Hall–Kier alpha value is -2.17. The number of ether oxygens (including phenoxy) is 1. The average molecular weight is 249 g/mol. The summed E-state index contributed by atoms with van der Waals surface area (Å²) in [6.45, 7) is 3.29. The van der Waals surface area contributed by atoms with Crippen LogP contribution in [0, 0.1) is 12.7 Å². The van der Waals surface area contributed by atoms with Crippen LogP contribution in [0.5, 0.6) is 5.75 Å². The summed E-state index contributed by atoms with van der Waals surface area (Å²) in [6, 6.07) is 5.52. The van der Waals surface area contributed by atoms with Crippen LogP contribution in [-0.4, -0.2) is 10.9 Å². The van der Waals surface area contributed by atoms with Crippen molar-refractivity contribution in [1.82, 2.24) is 5.16 Å². The highest BCUT2D eigenvalue weighted by atomic mass is 19.1. The van der Waals surface area contributed by atoms with Gasteiger partial charge in [0.1, 0.15) is 18.2 Å². The Bertz CT molecular complexity index is 577. The number of Topliss-reactive ketones (excluding diaryl/α,β-unsaturated/α-hetero) is 1. The summed E-state index contributed by atoms with van der Waals surface area (Å²) in [5.41, 5.74) is 1.08. The van der Waals surface area contributed by atoms with Crippen molar-refractivity contribution in [3.63, 3.8) is 0 Å². The van der Waals surface area contributed by atoms with Gasteiger partial charge in [0.15, 0.2) is 11.5 Å². The van der Waals surface area contributed by atoms with Crippen LogP contribution >= 0.6 is 0 Å². The van der Waals surface area contributed by atoms with Crippen LogP contribution in [0.4, 0.5) is 4.39 Å². The number of rotatable bonds is 4. The molecule has 1 aromatic heterocycles. The molecule has 0 saturated heterocycles. The number of aryl methyl sites for hydroxylation is 1. The Balaban J connectivity index is 2.17. The van der Waals surface area contributed by atoms with Gasteiger partial charge in [-0.05, 0) is 26.0 Å². The van der Waals surface area contributed by atoms with Gasteiger partial charge in [-0.1, -0.05) is 5.16 Å². The molecule has 0 amide bonds. The highest BCUT2D eigenvalue weighted by Crippen LogP contribution is 2.21. The van der Waals surface area contributed by atoms with Gasteiger partial charge < -0.3 is 9.26 Å². The molecule has 0 spiro atoms. The van der Waals surface area contributed by atoms with Crippen LogP contribution in [0.25, 0.3) is 0 Å². The summed E-state index contributed by atoms with van der Waals surface area (Å²) in [5, 5.41) is 3.71. The fourth-order valence-corrected chi connectivity index (χ4v) is 1.54. The number of ketones is 1. The largest absolute Gasteiger partial charge is 0.485 e. The molecular formula is C13H12FNO3. The maximum Gasteiger partial charge on any atom is 0.174 e. The third kappa shape index (κ3) is 2.74. The number of nitrogens with zero attached hydrogens (tertiary/aromatic N) is 1. The summed E-state index contributed by atoms with van der Waals surface area (Å²) in [4.78, 5) is 11.4. The fourth-order valence-electron chi connectivity index (χ4n) is 1.54. The molecule has 1 aromatic carbocycles. The van der Waals surface area contributed by atoms with Crippen molar-refractivity contribution in [3.05, 3.63) is 47.1 Å². The summed E-state index contributed by atoms with van der Waals surface area (Å²) < 4.78 is 23.5. The topological polar surface area (TPSA) is 52.3 Å². The molecule has 0 saturated carbocycles. The molecule has 0 unspecified atom stereocenters. The third-order valence-electron chi connectivity index (χ3n) is 2.37. The van der Waals surface area contributed by atoms with Gasteiger partial charge >= 0.3 is 0 Å². The number of carbonyl (C=O) groups excluding carboxylic acids is 1. The van der Waals surface area contributed by atoms with Crippen LogP contribution in [0.15, 0.2) is 28.8 Å². The van der Waals surface area contributed by atoms with Crippen molar-refractivity contribution >= 4 is 5.78 Å². The van der Waals surface area contributed by atoms with E-state index in [-0.39, 0.29) is 18.1 Å². The van der Waals surface area contributed by atoms with E-state index in [0.717, 1.165) is 5.69 Å². The molecule has 2 aromatic rings. The van der Waals surface area contributed by atoms with Crippen molar-refractivity contribution in [2.24, 2.45) is 0 Å². The number of halogens is 1. The zero-order valence-corrected chi connectivity index (χ0v) is 10.1. The number of benzene rings is 1. The highest BCUT2D eigenvalue weighted by molar-refractivity contribution is 5.96. The minimum Gasteiger partial charge on any atom is -0.485 e. The van der Waals surface area contributed by atoms with Crippen LogP contribution in [0.2, 0.25) is 0 Å². The second-order valence-corrected chi connectivity index (χ2v) is 3.92. The molecule has 0 aliphatic rings. The minimum atomic E-state index is -0.455. The van der Waals surface area contributed by atoms with Crippen LogP contribution in [0.1, 0.15) is 28.7 Å². The quantitative estimate of drug-likeness (QED) is 0.782. The molecule has 18 heavy (non-hydrogen) atoms. The number of aromatic nitrogens is 1. The smallest absolute Gasteiger partial charge is 0.174 e. The lowest BCUT2D eigenvalue weighted by atomic mass is 10.1. The lowest BCUT2D eigenvalue weighted by Gasteiger charge is -2.08. The zero-order valence-electron chi connectivity index (χ0n) is 10.1. The van der Waals surface area contributed by atoms with E-state index in [4.69, 9.17) is 9.26 Å². The maximum absolute atomic E-state index is 13.1. The Kier molecular flexibility index (Phi) is 3.41. The summed E-state index contributed by atoms with van der Waals surface area (Å²) in [5.74, 6) is 0.0883. The van der Waals surface area contributed by atoms with Crippen molar-refractivity contribution in [1.29, 1.82) is 0 Å². The van der Waals surface area contributed by atoms with Gasteiger partial charge in [0.05, 0.1) is 11.3 Å². The first kappa shape index (κ1) is 12.3. The molecule has 5 heteroatoms. The van der Waals surface area contributed by atoms with E-state index in [0.29, 0.717) is 11.3 Å². The van der Waals surface area contributed by atoms with E-state index in [1.807, 2.05) is 0 Å². The molecule has 0 radical (unpaired) electrons. The standard InChI is InChI=1S/C13H12FNO3/c1-8-5-11(18-15-8)7-17-13-6-10(14)3-4-12(13)9(2)16/h3-6H,7H2,1-2H3. The van der Waals surface area contributed by atoms with E-state index in [2.05, 4.69) is 5.16 Å². The highest BCUT2D eigenvalue weighted by Gasteiger charge is 2.11. The maximum atomic E-state index is 13.1. The van der Waals surface area contributed by atoms with Gasteiger partial charge in [-0.25, -0.2) is 4.39 Å². The monoisotopic (exact) mass is 249 g/mol. The second kappa shape index (κ2) is 5.00. The fraction of sp³-hybridized carbons (Fsp3) is 0.231. The molecule has 0 N–H and O–H groups in total. The summed E-state index contributed by atoms with van der Waals surface area (Å²) >= 11 is 0. The first-order valence-corrected chi connectivity index (χ1v) is 5.42. The summed E-state index contributed by atoms with van der Waals surface area (Å²) in [7, 11) is 0. The molecule has 0 fully saturated rings. The van der Waals surface area contributed by atoms with Gasteiger partial charge in [0.25, 0.3) is 0 Å². The molecule has 0 aliphatic heterocycles. The predicted molar refractivity (Wildman–Crippen MR) is 62.0 cm³/mol. The minimum absolute atomic E-state index is 0.102. The Labute approximate surface area is 103 Å². The normalized spacial score (nSPS) is 10.4. The van der Waals surface area contributed by atoms with Crippen molar-refractivity contribution in [2.45, 2.75) is 20.5 Å². The number of carbonyl (C=O) groups is 1. The van der Waals surface area contributed by atoms with Crippen molar-refractivity contribution in [2.75, 3.05) is 0 Å². The molecule has 0 atom stereocenters. The first-order chi connectivity index (χ1) is 8.56. The van der Waals surface area contributed by atoms with E-state index in [9.17, 15) is 9.18 Å². The van der Waals surface area contributed by atoms with E-state index in [1.165, 1.54) is 25.1 Å². The van der Waals surface area contributed by atoms with Gasteiger partial charge in [0, 0.05) is 12.1 Å². The molecule has 0 bridgehead atoms. The molecular weight excluding hydrogens is 237 g/mol. The van der Waals surface area contributed by atoms with Crippen LogP contribution in [-0.2, 0) is 6.61 Å². The van der Waals surface area contributed by atoms with Gasteiger partial charge in [-0.15, -0.1) is 0 Å². The Morgan fingerprint density at radius 3 is 2.83 bits per heavy atom. The zero-order chi connectivity index (χ0) is 13.1.